The molecule has 1 fully saturated rings. The molecule has 4 rings (SSSR count). The van der Waals surface area contributed by atoms with Crippen LogP contribution in [0.25, 0.3) is 0 Å². The Morgan fingerprint density at radius 2 is 2.07 bits per heavy atom. The molecule has 6 nitrogen and oxygen atoms in total. The van der Waals surface area contributed by atoms with Gasteiger partial charge in [-0.1, -0.05) is 30.3 Å². The van der Waals surface area contributed by atoms with Crippen LogP contribution in [0, 0.1) is 0 Å². The number of ether oxygens (including phenoxy) is 1. The van der Waals surface area contributed by atoms with Gasteiger partial charge in [0.05, 0.1) is 11.8 Å². The van der Waals surface area contributed by atoms with E-state index in [9.17, 15) is 4.79 Å². The Morgan fingerprint density at radius 1 is 1.29 bits per heavy atom. The first-order valence-corrected chi connectivity index (χ1v) is 9.94. The summed E-state index contributed by atoms with van der Waals surface area (Å²) in [6.07, 6.45) is 2.09. The summed E-state index contributed by atoms with van der Waals surface area (Å²) in [4.78, 5) is 20.7. The molecular formula is C19H26Cl2N4O2S. The zero-order chi connectivity index (χ0) is 17.9. The molecular weight excluding hydrogens is 419 g/mol. The van der Waals surface area contributed by atoms with Crippen LogP contribution in [0.5, 0.6) is 0 Å². The number of anilines is 1. The van der Waals surface area contributed by atoms with Crippen LogP contribution in [-0.4, -0.2) is 41.1 Å². The van der Waals surface area contributed by atoms with Crippen LogP contribution >= 0.6 is 36.2 Å². The van der Waals surface area contributed by atoms with Crippen molar-refractivity contribution in [2.24, 2.45) is 5.73 Å². The van der Waals surface area contributed by atoms with Crippen LogP contribution in [0.1, 0.15) is 29.0 Å². The number of thiazole rings is 1. The van der Waals surface area contributed by atoms with E-state index in [0.29, 0.717) is 11.7 Å². The molecule has 0 bridgehead atoms. The van der Waals surface area contributed by atoms with Gasteiger partial charge in [0.1, 0.15) is 6.10 Å². The van der Waals surface area contributed by atoms with E-state index < -0.39 is 6.10 Å². The summed E-state index contributed by atoms with van der Waals surface area (Å²) in [6, 6.07) is 10.5. The molecule has 0 radical (unpaired) electrons. The van der Waals surface area contributed by atoms with Gasteiger partial charge < -0.3 is 10.5 Å². The van der Waals surface area contributed by atoms with E-state index in [1.807, 2.05) is 6.07 Å². The molecule has 0 spiro atoms. The average Bonchev–Trinajstić information content (AvgIpc) is 3.28. The Morgan fingerprint density at radius 3 is 2.79 bits per heavy atom. The van der Waals surface area contributed by atoms with Crippen LogP contribution in [0.4, 0.5) is 5.13 Å². The lowest BCUT2D eigenvalue weighted by Crippen LogP contribution is -2.30. The Balaban J connectivity index is 0.00000140. The van der Waals surface area contributed by atoms with Gasteiger partial charge in [0, 0.05) is 37.5 Å². The largest absolute Gasteiger partial charge is 0.364 e. The molecule has 1 aromatic carbocycles. The molecule has 1 aromatic heterocycles. The first kappa shape index (κ1) is 23.1. The fourth-order valence-corrected chi connectivity index (χ4v) is 4.59. The first-order valence-electron chi connectivity index (χ1n) is 9.12. The van der Waals surface area contributed by atoms with Crippen molar-refractivity contribution in [3.8, 4) is 0 Å². The van der Waals surface area contributed by atoms with Gasteiger partial charge in [-0.25, -0.2) is 4.98 Å². The van der Waals surface area contributed by atoms with Crippen molar-refractivity contribution in [2.45, 2.75) is 44.6 Å². The van der Waals surface area contributed by atoms with Crippen LogP contribution < -0.4 is 11.1 Å². The molecule has 2 atom stereocenters. The number of hydrogen-bond acceptors (Lipinski definition) is 6. The molecule has 0 unspecified atom stereocenters. The molecule has 0 saturated carbocycles. The van der Waals surface area contributed by atoms with Gasteiger partial charge in [0.15, 0.2) is 5.13 Å². The first-order chi connectivity index (χ1) is 12.7. The number of hydrogen-bond donors (Lipinski definition) is 2. The van der Waals surface area contributed by atoms with Crippen molar-refractivity contribution in [2.75, 3.05) is 18.4 Å². The second kappa shape index (κ2) is 10.5. The maximum Gasteiger partial charge on any atom is 0.255 e. The summed E-state index contributed by atoms with van der Waals surface area (Å²) in [7, 11) is 0. The van der Waals surface area contributed by atoms with Crippen LogP contribution in [-0.2, 0) is 29.0 Å². The summed E-state index contributed by atoms with van der Waals surface area (Å²) in [6.45, 7) is 3.28. The fourth-order valence-electron chi connectivity index (χ4n) is 3.54. The summed E-state index contributed by atoms with van der Waals surface area (Å²) >= 11 is 1.58. The van der Waals surface area contributed by atoms with Gasteiger partial charge in [-0.15, -0.1) is 36.2 Å². The fraction of sp³-hybridized carbons (Fsp3) is 0.474. The molecule has 2 aliphatic rings. The maximum absolute atomic E-state index is 12.4. The highest BCUT2D eigenvalue weighted by molar-refractivity contribution is 7.15. The smallest absolute Gasteiger partial charge is 0.255 e. The quantitative estimate of drug-likeness (QED) is 0.740. The number of amides is 1. The lowest BCUT2D eigenvalue weighted by atomic mass is 10.1. The van der Waals surface area contributed by atoms with Gasteiger partial charge in [-0.2, -0.15) is 0 Å². The third-order valence-corrected chi connectivity index (χ3v) is 5.95. The molecule has 1 amide bonds. The number of carbonyl (C=O) groups excluding carboxylic acids is 1. The number of nitrogens with two attached hydrogens (primary N) is 1. The average molecular weight is 445 g/mol. The third-order valence-electron chi connectivity index (χ3n) is 4.95. The van der Waals surface area contributed by atoms with Crippen molar-refractivity contribution in [1.29, 1.82) is 0 Å². The highest BCUT2D eigenvalue weighted by atomic mass is 35.5. The standard InChI is InChI=1S/C19H24N4O2S.2ClH/c20-10-14-6-7-16(25-14)18(24)22-19-21-15-8-9-23(12-17(15)26-19)11-13-4-2-1-3-5-13;;/h1-5,14,16H,6-12,20H2,(H,21,22,24);2*1H/t14-,16+;;/m1../s1. The van der Waals surface area contributed by atoms with E-state index in [1.165, 1.54) is 10.4 Å². The Kier molecular flexibility index (Phi) is 8.67. The summed E-state index contributed by atoms with van der Waals surface area (Å²) in [5, 5.41) is 3.62. The number of nitrogens with one attached hydrogen (secondary N) is 1. The molecule has 3 heterocycles. The molecule has 1 saturated heterocycles. The number of benzene rings is 1. The number of halogens is 2. The molecule has 2 aliphatic heterocycles. The van der Waals surface area contributed by atoms with Crippen molar-refractivity contribution in [3.05, 3.63) is 46.5 Å². The molecule has 154 valence electrons. The van der Waals surface area contributed by atoms with Crippen molar-refractivity contribution >= 4 is 47.2 Å². The molecule has 2 aromatic rings. The van der Waals surface area contributed by atoms with Gasteiger partial charge >= 0.3 is 0 Å². The van der Waals surface area contributed by atoms with Gasteiger partial charge in [0.2, 0.25) is 0 Å². The number of rotatable bonds is 5. The van der Waals surface area contributed by atoms with E-state index in [4.69, 9.17) is 10.5 Å². The minimum atomic E-state index is -0.404. The lowest BCUT2D eigenvalue weighted by Gasteiger charge is -2.25. The SMILES string of the molecule is Cl.Cl.NC[C@H]1CC[C@@H](C(=O)Nc2nc3c(s2)CN(Cc2ccccc2)CC3)O1. The molecule has 9 heteroatoms. The number of carbonyl (C=O) groups is 1. The predicted molar refractivity (Wildman–Crippen MR) is 116 cm³/mol. The van der Waals surface area contributed by atoms with E-state index in [2.05, 4.69) is 39.5 Å². The highest BCUT2D eigenvalue weighted by Crippen LogP contribution is 2.30. The number of fused-ring (bicyclic) bond motifs is 1. The van der Waals surface area contributed by atoms with Crippen molar-refractivity contribution in [3.63, 3.8) is 0 Å². The second-order valence-electron chi connectivity index (χ2n) is 6.88. The lowest BCUT2D eigenvalue weighted by molar-refractivity contribution is -0.126. The summed E-state index contributed by atoms with van der Waals surface area (Å²) < 4.78 is 5.66. The Bertz CT molecular complexity index is 775. The zero-order valence-corrected chi connectivity index (χ0v) is 18.0. The van der Waals surface area contributed by atoms with E-state index >= 15 is 0 Å². The Labute approximate surface area is 181 Å². The van der Waals surface area contributed by atoms with Crippen LogP contribution in [0.3, 0.4) is 0 Å². The van der Waals surface area contributed by atoms with Crippen molar-refractivity contribution in [1.82, 2.24) is 9.88 Å². The zero-order valence-electron chi connectivity index (χ0n) is 15.5. The van der Waals surface area contributed by atoms with Gasteiger partial charge in [-0.05, 0) is 18.4 Å². The monoisotopic (exact) mass is 444 g/mol. The van der Waals surface area contributed by atoms with Crippen molar-refractivity contribution < 1.29 is 9.53 Å². The highest BCUT2D eigenvalue weighted by Gasteiger charge is 2.31. The van der Waals surface area contributed by atoms with E-state index in [-0.39, 0.29) is 36.8 Å². The number of nitrogens with zero attached hydrogens (tertiary/aromatic N) is 2. The summed E-state index contributed by atoms with van der Waals surface area (Å²) in [5.74, 6) is -0.104. The normalized spacial score (nSPS) is 21.3. The minimum absolute atomic E-state index is 0. The topological polar surface area (TPSA) is 80.5 Å². The van der Waals surface area contributed by atoms with Gasteiger partial charge in [0.25, 0.3) is 5.91 Å². The van der Waals surface area contributed by atoms with Crippen LogP contribution in [0.2, 0.25) is 0 Å². The predicted octanol–water partition coefficient (Wildman–Crippen LogP) is 2.99. The molecule has 3 N–H and O–H groups in total. The maximum atomic E-state index is 12.4. The third kappa shape index (κ3) is 5.43. The summed E-state index contributed by atoms with van der Waals surface area (Å²) in [5.41, 5.74) is 8.05. The second-order valence-corrected chi connectivity index (χ2v) is 7.97. The molecule has 28 heavy (non-hydrogen) atoms. The van der Waals surface area contributed by atoms with E-state index in [1.54, 1.807) is 11.3 Å². The van der Waals surface area contributed by atoms with Gasteiger partial charge in [-0.3, -0.25) is 15.0 Å². The van der Waals surface area contributed by atoms with Crippen LogP contribution in [0.15, 0.2) is 30.3 Å². The molecule has 0 aliphatic carbocycles. The number of aromatic nitrogens is 1. The van der Waals surface area contributed by atoms with E-state index in [0.717, 1.165) is 44.6 Å². The Hall–Kier alpha value is -1.22. The minimum Gasteiger partial charge on any atom is -0.364 e.